The van der Waals surface area contributed by atoms with E-state index in [-0.39, 0.29) is 24.0 Å². The van der Waals surface area contributed by atoms with Gasteiger partial charge in [0.05, 0.1) is 28.7 Å². The van der Waals surface area contributed by atoms with Crippen LogP contribution in [0.25, 0.3) is 33.1 Å². The van der Waals surface area contributed by atoms with Crippen LogP contribution in [0.4, 0.5) is 13.2 Å². The van der Waals surface area contributed by atoms with E-state index >= 15 is 0 Å². The maximum absolute atomic E-state index is 13.2. The van der Waals surface area contributed by atoms with E-state index in [2.05, 4.69) is 25.6 Å². The van der Waals surface area contributed by atoms with Crippen LogP contribution in [-0.4, -0.2) is 47.6 Å². The number of aromatic nitrogens is 5. The van der Waals surface area contributed by atoms with Crippen molar-refractivity contribution in [3.8, 4) is 11.3 Å². The molecule has 11 heteroatoms. The van der Waals surface area contributed by atoms with Crippen molar-refractivity contribution in [3.63, 3.8) is 0 Å². The number of carbonyl (C=O) groups is 1. The summed E-state index contributed by atoms with van der Waals surface area (Å²) in [6, 6.07) is 12.3. The monoisotopic (exact) mass is 548 g/mol. The van der Waals surface area contributed by atoms with Gasteiger partial charge in [0.2, 0.25) is 0 Å². The summed E-state index contributed by atoms with van der Waals surface area (Å²) >= 11 is 0. The van der Waals surface area contributed by atoms with Crippen molar-refractivity contribution in [2.75, 3.05) is 0 Å². The van der Waals surface area contributed by atoms with Crippen LogP contribution in [0.1, 0.15) is 47.3 Å². The van der Waals surface area contributed by atoms with E-state index in [9.17, 15) is 23.1 Å². The first-order valence-electron chi connectivity index (χ1n) is 13.1. The molecular formula is C29H27F3N6O2. The molecule has 6 rings (SSSR count). The molecule has 2 aromatic carbocycles. The molecule has 40 heavy (non-hydrogen) atoms. The van der Waals surface area contributed by atoms with Crippen molar-refractivity contribution in [2.24, 2.45) is 0 Å². The smallest absolute Gasteiger partial charge is 0.388 e. The maximum atomic E-state index is 13.2. The summed E-state index contributed by atoms with van der Waals surface area (Å²) in [7, 11) is 0. The fourth-order valence-electron chi connectivity index (χ4n) is 5.57. The molecule has 0 radical (unpaired) electrons. The molecule has 0 saturated heterocycles. The summed E-state index contributed by atoms with van der Waals surface area (Å²) in [6.07, 6.45) is 1.10. The molecule has 3 N–H and O–H groups in total. The van der Waals surface area contributed by atoms with Crippen LogP contribution in [0, 0.1) is 6.92 Å². The highest BCUT2D eigenvalue weighted by Gasteiger charge is 2.36. The summed E-state index contributed by atoms with van der Waals surface area (Å²) in [6.45, 7) is 2.02. The molecule has 1 fully saturated rings. The van der Waals surface area contributed by atoms with Gasteiger partial charge in [0.15, 0.2) is 0 Å². The van der Waals surface area contributed by atoms with E-state index < -0.39 is 17.3 Å². The van der Waals surface area contributed by atoms with Gasteiger partial charge in [0.25, 0.3) is 5.91 Å². The lowest BCUT2D eigenvalue weighted by Gasteiger charge is -2.37. The molecule has 0 spiro atoms. The van der Waals surface area contributed by atoms with Crippen LogP contribution >= 0.6 is 0 Å². The van der Waals surface area contributed by atoms with Crippen molar-refractivity contribution in [2.45, 2.75) is 57.0 Å². The van der Waals surface area contributed by atoms with Gasteiger partial charge in [-0.2, -0.15) is 23.4 Å². The molecule has 0 aliphatic heterocycles. The zero-order chi connectivity index (χ0) is 28.1. The zero-order valence-electron chi connectivity index (χ0n) is 21.7. The van der Waals surface area contributed by atoms with Gasteiger partial charge in [-0.1, -0.05) is 6.07 Å². The normalized spacial score (nSPS) is 19.8. The third-order valence-electron chi connectivity index (χ3n) is 7.49. The minimum atomic E-state index is -4.45. The SMILES string of the molecule is Cc1cc(-c2n[nH]c3ccc(C(=O)NC4CCCC(O)(Cn5cc6ccc(C(F)(F)F)cc6n5)C4)cc23)ccn1. The number of aromatic amines is 1. The molecule has 2 unspecified atom stereocenters. The first-order valence-corrected chi connectivity index (χ1v) is 13.1. The molecule has 1 aliphatic carbocycles. The topological polar surface area (TPSA) is 109 Å². The predicted octanol–water partition coefficient (Wildman–Crippen LogP) is 5.41. The Balaban J connectivity index is 1.17. The third kappa shape index (κ3) is 5.16. The van der Waals surface area contributed by atoms with Crippen molar-refractivity contribution in [1.29, 1.82) is 0 Å². The van der Waals surface area contributed by atoms with Gasteiger partial charge >= 0.3 is 6.18 Å². The quantitative estimate of drug-likeness (QED) is 0.272. The number of pyridine rings is 1. The van der Waals surface area contributed by atoms with Crippen LogP contribution in [0.15, 0.2) is 60.9 Å². The number of nitrogens with zero attached hydrogens (tertiary/aromatic N) is 4. The predicted molar refractivity (Wildman–Crippen MR) is 143 cm³/mol. The number of halogens is 3. The number of carbonyl (C=O) groups excluding carboxylic acids is 1. The van der Waals surface area contributed by atoms with E-state index in [0.29, 0.717) is 36.6 Å². The largest absolute Gasteiger partial charge is 0.416 e. The molecule has 1 saturated carbocycles. The number of aryl methyl sites for hydroxylation is 1. The Morgan fingerprint density at radius 3 is 2.85 bits per heavy atom. The Morgan fingerprint density at radius 2 is 2.05 bits per heavy atom. The number of H-pyrrole nitrogens is 1. The molecule has 5 aromatic rings. The molecule has 1 amide bonds. The number of rotatable bonds is 5. The number of fused-ring (bicyclic) bond motifs is 2. The highest BCUT2D eigenvalue weighted by molar-refractivity contribution is 6.01. The second-order valence-corrected chi connectivity index (χ2v) is 10.6. The lowest BCUT2D eigenvalue weighted by Crippen LogP contribution is -2.47. The fourth-order valence-corrected chi connectivity index (χ4v) is 5.57. The molecule has 2 atom stereocenters. The highest BCUT2D eigenvalue weighted by Crippen LogP contribution is 2.33. The molecule has 206 valence electrons. The standard InChI is InChI=1S/C29H27F3N6O2/c1-17-11-18(8-10-33-17)26-23-12-19(5-7-24(23)35-36-26)27(39)34-22-3-2-9-28(40,14-22)16-38-15-20-4-6-21(29(30,31)32)13-25(20)37-38/h4-8,10-13,15,22,40H,2-3,9,14,16H2,1H3,(H,34,39)(H,35,36). The maximum Gasteiger partial charge on any atom is 0.416 e. The zero-order valence-corrected chi connectivity index (χ0v) is 21.7. The molecule has 8 nitrogen and oxygen atoms in total. The van der Waals surface area contributed by atoms with Gasteiger partial charge in [-0.3, -0.25) is 19.6 Å². The number of aliphatic hydroxyl groups is 1. The minimum absolute atomic E-state index is 0.116. The first kappa shape index (κ1) is 26.0. The van der Waals surface area contributed by atoms with Crippen LogP contribution < -0.4 is 5.32 Å². The Hall–Kier alpha value is -4.25. The molecule has 0 bridgehead atoms. The van der Waals surface area contributed by atoms with Crippen molar-refractivity contribution in [1.82, 2.24) is 30.3 Å². The van der Waals surface area contributed by atoms with E-state index in [1.54, 1.807) is 24.5 Å². The number of hydrogen-bond donors (Lipinski definition) is 3. The summed E-state index contributed by atoms with van der Waals surface area (Å²) in [5.41, 5.74) is 2.07. The molecular weight excluding hydrogens is 521 g/mol. The van der Waals surface area contributed by atoms with Gasteiger partial charge in [-0.25, -0.2) is 0 Å². The lowest BCUT2D eigenvalue weighted by atomic mass is 9.81. The third-order valence-corrected chi connectivity index (χ3v) is 7.49. The Kier molecular flexibility index (Phi) is 6.33. The summed E-state index contributed by atoms with van der Waals surface area (Å²) in [5, 5.41) is 27.5. The van der Waals surface area contributed by atoms with Crippen LogP contribution in [0.5, 0.6) is 0 Å². The van der Waals surface area contributed by atoms with Gasteiger partial charge in [0.1, 0.15) is 5.69 Å². The average Bonchev–Trinajstić information content (AvgIpc) is 3.50. The van der Waals surface area contributed by atoms with E-state index in [4.69, 9.17) is 0 Å². The van der Waals surface area contributed by atoms with E-state index in [0.717, 1.165) is 40.0 Å². The Morgan fingerprint density at radius 1 is 1.20 bits per heavy atom. The van der Waals surface area contributed by atoms with Gasteiger partial charge < -0.3 is 10.4 Å². The molecule has 1 aliphatic rings. The first-order chi connectivity index (χ1) is 19.1. The number of hydrogen-bond acceptors (Lipinski definition) is 5. The second-order valence-electron chi connectivity index (χ2n) is 10.6. The molecule has 3 heterocycles. The van der Waals surface area contributed by atoms with Gasteiger partial charge in [-0.05, 0) is 75.1 Å². The summed E-state index contributed by atoms with van der Waals surface area (Å²) < 4.78 is 40.7. The highest BCUT2D eigenvalue weighted by atomic mass is 19.4. The number of alkyl halides is 3. The number of nitrogens with one attached hydrogen (secondary N) is 2. The lowest BCUT2D eigenvalue weighted by molar-refractivity contribution is -0.137. The number of amides is 1. The van der Waals surface area contributed by atoms with E-state index in [1.807, 2.05) is 25.1 Å². The van der Waals surface area contributed by atoms with Gasteiger partial charge in [-0.15, -0.1) is 0 Å². The fraction of sp³-hybridized carbons (Fsp3) is 0.310. The minimum Gasteiger partial charge on any atom is -0.388 e. The van der Waals surface area contributed by atoms with Gasteiger partial charge in [0, 0.05) is 46.0 Å². The summed E-state index contributed by atoms with van der Waals surface area (Å²) in [5.74, 6) is -0.251. The van der Waals surface area contributed by atoms with Crippen LogP contribution in [-0.2, 0) is 12.7 Å². The second kappa shape index (κ2) is 9.74. The van der Waals surface area contributed by atoms with Crippen LogP contribution in [0.2, 0.25) is 0 Å². The van der Waals surface area contributed by atoms with E-state index in [1.165, 1.54) is 10.7 Å². The number of benzene rings is 2. The molecule has 3 aromatic heterocycles. The van der Waals surface area contributed by atoms with Crippen molar-refractivity contribution < 1.29 is 23.1 Å². The Labute approximate surface area is 227 Å². The van der Waals surface area contributed by atoms with Crippen molar-refractivity contribution in [3.05, 3.63) is 77.7 Å². The summed E-state index contributed by atoms with van der Waals surface area (Å²) in [4.78, 5) is 17.5. The Bertz CT molecular complexity index is 1730. The van der Waals surface area contributed by atoms with Crippen molar-refractivity contribution >= 4 is 27.7 Å². The average molecular weight is 549 g/mol. The van der Waals surface area contributed by atoms with Crippen LogP contribution in [0.3, 0.4) is 0 Å².